The van der Waals surface area contributed by atoms with E-state index >= 15 is 0 Å². The Morgan fingerprint density at radius 2 is 2.07 bits per heavy atom. The molecular weight excluding hydrogens is 204 g/mol. The summed E-state index contributed by atoms with van der Waals surface area (Å²) < 4.78 is 10.4. The van der Waals surface area contributed by atoms with Crippen LogP contribution in [0, 0.1) is 0 Å². The molecule has 0 saturated carbocycles. The van der Waals surface area contributed by atoms with E-state index in [9.17, 15) is 5.11 Å². The molecule has 3 nitrogen and oxygen atoms in total. The first kappa shape index (κ1) is 9.62. The number of hydrogen-bond acceptors (Lipinski definition) is 3. The normalized spacial score (nSPS) is 15.6. The number of fused-ring (bicyclic) bond motifs is 1. The third kappa shape index (κ3) is 1.79. The van der Waals surface area contributed by atoms with Gasteiger partial charge in [0.1, 0.15) is 0 Å². The molecule has 0 radical (unpaired) electrons. The molecule has 0 amide bonds. The van der Waals surface area contributed by atoms with Gasteiger partial charge in [0.15, 0.2) is 11.5 Å². The topological polar surface area (TPSA) is 38.7 Å². The molecule has 1 aliphatic rings. The molecule has 1 aliphatic heterocycles. The van der Waals surface area contributed by atoms with Crippen LogP contribution in [0.2, 0.25) is 5.02 Å². The maximum Gasteiger partial charge on any atom is 0.231 e. The summed E-state index contributed by atoms with van der Waals surface area (Å²) in [6.45, 7) is 1.96. The van der Waals surface area contributed by atoms with Gasteiger partial charge in [-0.3, -0.25) is 0 Å². The van der Waals surface area contributed by atoms with E-state index < -0.39 is 6.10 Å². The molecule has 0 aliphatic carbocycles. The van der Waals surface area contributed by atoms with E-state index in [0.29, 0.717) is 22.9 Å². The molecule has 14 heavy (non-hydrogen) atoms. The fourth-order valence-corrected chi connectivity index (χ4v) is 1.66. The Balaban J connectivity index is 2.32. The number of rotatable bonds is 2. The molecule has 1 heterocycles. The minimum Gasteiger partial charge on any atom is -0.454 e. The Labute approximate surface area is 87.2 Å². The fourth-order valence-electron chi connectivity index (χ4n) is 1.43. The summed E-state index contributed by atoms with van der Waals surface area (Å²) in [5.74, 6) is 1.37. The lowest BCUT2D eigenvalue weighted by molar-refractivity contribution is 0.174. The van der Waals surface area contributed by atoms with Crippen molar-refractivity contribution in [3.05, 3.63) is 22.7 Å². The highest BCUT2D eigenvalue weighted by Gasteiger charge is 2.16. The van der Waals surface area contributed by atoms with Gasteiger partial charge in [-0.2, -0.15) is 0 Å². The van der Waals surface area contributed by atoms with Crippen LogP contribution < -0.4 is 9.47 Å². The average molecular weight is 215 g/mol. The van der Waals surface area contributed by atoms with E-state index in [4.69, 9.17) is 21.1 Å². The molecule has 0 aromatic heterocycles. The van der Waals surface area contributed by atoms with Gasteiger partial charge in [-0.15, -0.1) is 0 Å². The molecule has 1 aromatic carbocycles. The van der Waals surface area contributed by atoms with E-state index in [2.05, 4.69) is 0 Å². The molecule has 1 unspecified atom stereocenters. The molecule has 1 aromatic rings. The van der Waals surface area contributed by atoms with Gasteiger partial charge >= 0.3 is 0 Å². The lowest BCUT2D eigenvalue weighted by atomic mass is 10.1. The first-order valence-corrected chi connectivity index (χ1v) is 4.80. The van der Waals surface area contributed by atoms with Gasteiger partial charge in [0.05, 0.1) is 6.10 Å². The van der Waals surface area contributed by atoms with Crippen molar-refractivity contribution in [2.45, 2.75) is 19.4 Å². The van der Waals surface area contributed by atoms with Crippen LogP contribution in [0.4, 0.5) is 0 Å². The van der Waals surface area contributed by atoms with Crippen molar-refractivity contribution in [3.63, 3.8) is 0 Å². The summed E-state index contributed by atoms with van der Waals surface area (Å²) in [5.41, 5.74) is 0.880. The molecule has 1 N–H and O–H groups in total. The summed E-state index contributed by atoms with van der Waals surface area (Å²) in [6, 6.07) is 3.54. The van der Waals surface area contributed by atoms with Gasteiger partial charge in [-0.1, -0.05) is 11.6 Å². The Hall–Kier alpha value is -0.930. The van der Waals surface area contributed by atoms with Crippen molar-refractivity contribution >= 4 is 11.6 Å². The van der Waals surface area contributed by atoms with Crippen molar-refractivity contribution in [1.82, 2.24) is 0 Å². The second-order valence-electron chi connectivity index (χ2n) is 3.35. The van der Waals surface area contributed by atoms with Crippen LogP contribution in [-0.4, -0.2) is 18.0 Å². The van der Waals surface area contributed by atoms with Gasteiger partial charge < -0.3 is 14.6 Å². The van der Waals surface area contributed by atoms with Crippen LogP contribution in [-0.2, 0) is 6.42 Å². The molecule has 0 saturated heterocycles. The van der Waals surface area contributed by atoms with Crippen LogP contribution in [0.15, 0.2) is 12.1 Å². The van der Waals surface area contributed by atoms with Crippen molar-refractivity contribution in [2.24, 2.45) is 0 Å². The molecule has 1 atom stereocenters. The SMILES string of the molecule is CC(O)Cc1cc2c(cc1Cl)OCO2. The van der Waals surface area contributed by atoms with E-state index in [-0.39, 0.29) is 6.79 Å². The largest absolute Gasteiger partial charge is 0.454 e. The van der Waals surface area contributed by atoms with E-state index in [0.717, 1.165) is 5.56 Å². The highest BCUT2D eigenvalue weighted by Crippen LogP contribution is 2.37. The predicted molar refractivity (Wildman–Crippen MR) is 53.0 cm³/mol. The zero-order valence-electron chi connectivity index (χ0n) is 7.79. The Morgan fingerprint density at radius 3 is 2.71 bits per heavy atom. The number of aliphatic hydroxyl groups is 1. The number of benzene rings is 1. The van der Waals surface area contributed by atoms with Crippen molar-refractivity contribution in [2.75, 3.05) is 6.79 Å². The lowest BCUT2D eigenvalue weighted by Gasteiger charge is -2.07. The quantitative estimate of drug-likeness (QED) is 0.819. The maximum atomic E-state index is 9.25. The van der Waals surface area contributed by atoms with Crippen LogP contribution in [0.25, 0.3) is 0 Å². The molecule has 4 heteroatoms. The van der Waals surface area contributed by atoms with Gasteiger partial charge in [-0.05, 0) is 25.0 Å². The molecular formula is C10H11ClO3. The molecule has 0 fully saturated rings. The lowest BCUT2D eigenvalue weighted by Crippen LogP contribution is -2.04. The highest BCUT2D eigenvalue weighted by molar-refractivity contribution is 6.31. The van der Waals surface area contributed by atoms with Crippen LogP contribution in [0.1, 0.15) is 12.5 Å². The summed E-state index contributed by atoms with van der Waals surface area (Å²) in [5, 5.41) is 9.85. The van der Waals surface area contributed by atoms with E-state index in [1.54, 1.807) is 13.0 Å². The Kier molecular flexibility index (Phi) is 2.52. The zero-order chi connectivity index (χ0) is 10.1. The monoisotopic (exact) mass is 214 g/mol. The molecule has 0 bridgehead atoms. The van der Waals surface area contributed by atoms with Crippen molar-refractivity contribution in [1.29, 1.82) is 0 Å². The van der Waals surface area contributed by atoms with Crippen LogP contribution in [0.5, 0.6) is 11.5 Å². The smallest absolute Gasteiger partial charge is 0.231 e. The Bertz CT molecular complexity index is 349. The third-order valence-electron chi connectivity index (χ3n) is 2.06. The first-order valence-electron chi connectivity index (χ1n) is 4.43. The second-order valence-corrected chi connectivity index (χ2v) is 3.76. The molecule has 2 rings (SSSR count). The van der Waals surface area contributed by atoms with Crippen LogP contribution in [0.3, 0.4) is 0 Å². The summed E-state index contributed by atoms with van der Waals surface area (Å²) in [7, 11) is 0. The van der Waals surface area contributed by atoms with Crippen molar-refractivity contribution in [3.8, 4) is 11.5 Å². The number of ether oxygens (including phenoxy) is 2. The van der Waals surface area contributed by atoms with E-state index in [1.807, 2.05) is 6.07 Å². The van der Waals surface area contributed by atoms with Gasteiger partial charge in [-0.25, -0.2) is 0 Å². The fraction of sp³-hybridized carbons (Fsp3) is 0.400. The van der Waals surface area contributed by atoms with E-state index in [1.165, 1.54) is 0 Å². The van der Waals surface area contributed by atoms with Crippen LogP contribution >= 0.6 is 11.6 Å². The number of hydrogen-bond donors (Lipinski definition) is 1. The second kappa shape index (κ2) is 3.67. The maximum absolute atomic E-state index is 9.25. The van der Waals surface area contributed by atoms with Gasteiger partial charge in [0.25, 0.3) is 0 Å². The summed E-state index contributed by atoms with van der Waals surface area (Å²) >= 11 is 6.01. The predicted octanol–water partition coefficient (Wildman–Crippen LogP) is 1.99. The summed E-state index contributed by atoms with van der Waals surface area (Å²) in [6.07, 6.45) is 0.114. The summed E-state index contributed by atoms with van der Waals surface area (Å²) in [4.78, 5) is 0. The number of aliphatic hydroxyl groups excluding tert-OH is 1. The Morgan fingerprint density at radius 1 is 1.43 bits per heavy atom. The highest BCUT2D eigenvalue weighted by atomic mass is 35.5. The van der Waals surface area contributed by atoms with Gasteiger partial charge in [0, 0.05) is 11.1 Å². The molecule has 0 spiro atoms. The standard InChI is InChI=1S/C10H11ClO3/c1-6(12)2-7-3-9-10(4-8(7)11)14-5-13-9/h3-4,6,12H,2,5H2,1H3. The first-order chi connectivity index (χ1) is 6.66. The number of halogens is 1. The van der Waals surface area contributed by atoms with Crippen molar-refractivity contribution < 1.29 is 14.6 Å². The minimum absolute atomic E-state index is 0.240. The zero-order valence-corrected chi connectivity index (χ0v) is 8.54. The van der Waals surface area contributed by atoms with Gasteiger partial charge in [0.2, 0.25) is 6.79 Å². The minimum atomic E-state index is -0.409. The average Bonchev–Trinajstić information content (AvgIpc) is 2.51. The molecule has 76 valence electrons. The third-order valence-corrected chi connectivity index (χ3v) is 2.41.